The molecule has 2 aromatic carbocycles. The first-order valence-corrected chi connectivity index (χ1v) is 9.86. The van der Waals surface area contributed by atoms with E-state index in [4.69, 9.17) is 9.84 Å². The highest BCUT2D eigenvalue weighted by molar-refractivity contribution is 7.83. The van der Waals surface area contributed by atoms with Crippen molar-refractivity contribution in [3.63, 3.8) is 0 Å². The predicted octanol–water partition coefficient (Wildman–Crippen LogP) is 3.70. The zero-order valence-corrected chi connectivity index (χ0v) is 16.8. The molecule has 0 saturated heterocycles. The molecule has 0 aliphatic heterocycles. The maximum atomic E-state index is 12.9. The molecule has 7 heteroatoms. The Kier molecular flexibility index (Phi) is 6.54. The number of benzene rings is 2. The van der Waals surface area contributed by atoms with Crippen molar-refractivity contribution in [3.8, 4) is 17.0 Å². The minimum atomic E-state index is -1.42. The SMILES string of the molecule is CO.COc1ccccc1-c1nc2ccn(S(=O)c3ccccc3)c2cc1C=O. The molecule has 6 nitrogen and oxygen atoms in total. The Labute approximate surface area is 171 Å². The van der Waals surface area contributed by atoms with E-state index in [1.165, 1.54) is 0 Å². The van der Waals surface area contributed by atoms with Crippen LogP contribution in [0.15, 0.2) is 77.8 Å². The van der Waals surface area contributed by atoms with Gasteiger partial charge in [-0.15, -0.1) is 0 Å². The summed E-state index contributed by atoms with van der Waals surface area (Å²) in [6.45, 7) is 0. The smallest absolute Gasteiger partial charge is 0.157 e. The molecule has 0 saturated carbocycles. The fourth-order valence-corrected chi connectivity index (χ4v) is 4.10. The Morgan fingerprint density at radius 3 is 2.41 bits per heavy atom. The van der Waals surface area contributed by atoms with Crippen LogP contribution in [-0.2, 0) is 11.0 Å². The third kappa shape index (κ3) is 3.96. The number of para-hydroxylation sites is 1. The first-order valence-electron chi connectivity index (χ1n) is 8.75. The van der Waals surface area contributed by atoms with E-state index in [1.807, 2.05) is 42.5 Å². The van der Waals surface area contributed by atoms with Crippen LogP contribution in [0.3, 0.4) is 0 Å². The van der Waals surface area contributed by atoms with Gasteiger partial charge in [0.25, 0.3) is 0 Å². The summed E-state index contributed by atoms with van der Waals surface area (Å²) in [6, 6.07) is 20.1. The van der Waals surface area contributed by atoms with E-state index in [-0.39, 0.29) is 0 Å². The monoisotopic (exact) mass is 408 g/mol. The van der Waals surface area contributed by atoms with Crippen molar-refractivity contribution >= 4 is 28.3 Å². The molecule has 0 radical (unpaired) electrons. The number of rotatable bonds is 5. The number of aldehydes is 1. The van der Waals surface area contributed by atoms with Crippen molar-refractivity contribution in [1.29, 1.82) is 0 Å². The number of aliphatic hydroxyl groups excluding tert-OH is 1. The number of pyridine rings is 1. The van der Waals surface area contributed by atoms with Gasteiger partial charge in [-0.05, 0) is 36.4 Å². The lowest BCUT2D eigenvalue weighted by Gasteiger charge is -2.11. The van der Waals surface area contributed by atoms with Gasteiger partial charge in [0.05, 0.1) is 28.7 Å². The average molecular weight is 408 g/mol. The van der Waals surface area contributed by atoms with Crippen LogP contribution in [0.25, 0.3) is 22.3 Å². The number of carbonyl (C=O) groups excluding carboxylic acids is 1. The number of hydrogen-bond donors (Lipinski definition) is 1. The molecule has 0 spiro atoms. The molecule has 2 aromatic heterocycles. The van der Waals surface area contributed by atoms with Gasteiger partial charge < -0.3 is 9.84 Å². The zero-order chi connectivity index (χ0) is 20.8. The van der Waals surface area contributed by atoms with E-state index in [2.05, 4.69) is 4.98 Å². The summed E-state index contributed by atoms with van der Waals surface area (Å²) in [5.74, 6) is 0.639. The number of methoxy groups -OCH3 is 1. The van der Waals surface area contributed by atoms with E-state index in [9.17, 15) is 9.00 Å². The first-order chi connectivity index (χ1) is 14.2. The molecular formula is C22H20N2O4S. The minimum absolute atomic E-state index is 0.414. The second-order valence-corrected chi connectivity index (χ2v) is 7.22. The largest absolute Gasteiger partial charge is 0.496 e. The van der Waals surface area contributed by atoms with Crippen LogP contribution in [0.1, 0.15) is 10.4 Å². The Hall–Kier alpha value is -3.29. The lowest BCUT2D eigenvalue weighted by atomic mass is 10.0. The minimum Gasteiger partial charge on any atom is -0.496 e. The summed E-state index contributed by atoms with van der Waals surface area (Å²) in [5.41, 5.74) is 2.99. The van der Waals surface area contributed by atoms with Gasteiger partial charge in [0.2, 0.25) is 0 Å². The van der Waals surface area contributed by atoms with Crippen LogP contribution in [0, 0.1) is 0 Å². The van der Waals surface area contributed by atoms with Gasteiger partial charge in [0, 0.05) is 24.4 Å². The van der Waals surface area contributed by atoms with Gasteiger partial charge in [-0.25, -0.2) is 9.19 Å². The predicted molar refractivity (Wildman–Crippen MR) is 113 cm³/mol. The van der Waals surface area contributed by atoms with E-state index < -0.39 is 11.0 Å². The summed E-state index contributed by atoms with van der Waals surface area (Å²) >= 11 is 0. The third-order valence-electron chi connectivity index (χ3n) is 4.28. The van der Waals surface area contributed by atoms with Gasteiger partial charge in [0.15, 0.2) is 17.3 Å². The number of fused-ring (bicyclic) bond motifs is 1. The van der Waals surface area contributed by atoms with E-state index >= 15 is 0 Å². The standard InChI is InChI=1S/C21H16N2O3S.CH4O/c1-26-20-10-6-5-9-17(20)21-15(14-24)13-19-18(22-21)11-12-23(19)27(25)16-7-3-2-4-8-16;1-2/h2-14H,1H3;2H,1H3. The molecule has 1 atom stereocenters. The van der Waals surface area contributed by atoms with Gasteiger partial charge in [-0.3, -0.25) is 8.77 Å². The highest BCUT2D eigenvalue weighted by Crippen LogP contribution is 2.32. The van der Waals surface area contributed by atoms with E-state index in [1.54, 1.807) is 41.5 Å². The number of carbonyl (C=O) groups is 1. The van der Waals surface area contributed by atoms with Gasteiger partial charge in [-0.2, -0.15) is 0 Å². The summed E-state index contributed by atoms with van der Waals surface area (Å²) < 4.78 is 19.9. The summed E-state index contributed by atoms with van der Waals surface area (Å²) in [4.78, 5) is 17.1. The molecular weight excluding hydrogens is 388 g/mol. The molecule has 0 aliphatic rings. The topological polar surface area (TPSA) is 81.4 Å². The quantitative estimate of drug-likeness (QED) is 0.509. The van der Waals surface area contributed by atoms with Crippen LogP contribution >= 0.6 is 0 Å². The van der Waals surface area contributed by atoms with Crippen molar-refractivity contribution in [1.82, 2.24) is 8.96 Å². The van der Waals surface area contributed by atoms with Crippen molar-refractivity contribution in [2.45, 2.75) is 4.90 Å². The second-order valence-electron chi connectivity index (χ2n) is 5.85. The lowest BCUT2D eigenvalue weighted by molar-refractivity contribution is 0.112. The van der Waals surface area contributed by atoms with Gasteiger partial charge in [-0.1, -0.05) is 30.3 Å². The number of aromatic nitrogens is 2. The molecule has 1 unspecified atom stereocenters. The van der Waals surface area contributed by atoms with Crippen LogP contribution in [0.4, 0.5) is 0 Å². The maximum absolute atomic E-state index is 12.9. The molecule has 148 valence electrons. The Balaban J connectivity index is 0.00000117. The molecule has 0 aliphatic carbocycles. The number of nitrogens with zero attached hydrogens (tertiary/aromatic N) is 2. The van der Waals surface area contributed by atoms with E-state index in [0.29, 0.717) is 32.9 Å². The molecule has 29 heavy (non-hydrogen) atoms. The molecule has 0 amide bonds. The van der Waals surface area contributed by atoms with Crippen molar-refractivity contribution in [3.05, 3.63) is 78.5 Å². The molecule has 2 heterocycles. The maximum Gasteiger partial charge on any atom is 0.157 e. The molecule has 4 rings (SSSR count). The van der Waals surface area contributed by atoms with Crippen molar-refractivity contribution in [2.75, 3.05) is 14.2 Å². The molecule has 0 fully saturated rings. The average Bonchev–Trinajstić information content (AvgIpc) is 3.22. The van der Waals surface area contributed by atoms with E-state index in [0.717, 1.165) is 19.0 Å². The number of ether oxygens (including phenoxy) is 1. The fraction of sp³-hybridized carbons (Fsp3) is 0.0909. The van der Waals surface area contributed by atoms with Gasteiger partial charge in [0.1, 0.15) is 5.75 Å². The zero-order valence-electron chi connectivity index (χ0n) is 16.0. The third-order valence-corrected chi connectivity index (χ3v) is 5.63. The van der Waals surface area contributed by atoms with Crippen LogP contribution in [0.2, 0.25) is 0 Å². The normalized spacial score (nSPS) is 11.4. The van der Waals surface area contributed by atoms with Crippen LogP contribution in [0.5, 0.6) is 5.75 Å². The fourth-order valence-electron chi connectivity index (χ4n) is 2.99. The second kappa shape index (κ2) is 9.27. The molecule has 1 N–H and O–H groups in total. The Morgan fingerprint density at radius 2 is 1.72 bits per heavy atom. The highest BCUT2D eigenvalue weighted by atomic mass is 32.2. The molecule has 4 aromatic rings. The van der Waals surface area contributed by atoms with Crippen LogP contribution < -0.4 is 4.74 Å². The summed E-state index contributed by atoms with van der Waals surface area (Å²) in [7, 11) is 1.16. The Morgan fingerprint density at radius 1 is 1.03 bits per heavy atom. The number of aliphatic hydroxyl groups is 1. The first kappa shape index (κ1) is 20.4. The Bertz CT molecular complexity index is 1160. The highest BCUT2D eigenvalue weighted by Gasteiger charge is 2.17. The number of hydrogen-bond acceptors (Lipinski definition) is 5. The van der Waals surface area contributed by atoms with Crippen LogP contribution in [-0.4, -0.2) is 38.8 Å². The summed E-state index contributed by atoms with van der Waals surface area (Å²) in [5, 5.41) is 7.00. The van der Waals surface area contributed by atoms with Crippen molar-refractivity contribution < 1.29 is 18.8 Å². The van der Waals surface area contributed by atoms with Crippen molar-refractivity contribution in [2.24, 2.45) is 0 Å². The lowest BCUT2D eigenvalue weighted by Crippen LogP contribution is -2.04. The molecule has 0 bridgehead atoms. The summed E-state index contributed by atoms with van der Waals surface area (Å²) in [6.07, 6.45) is 2.48. The van der Waals surface area contributed by atoms with Gasteiger partial charge >= 0.3 is 0 Å².